The Morgan fingerprint density at radius 2 is 1.67 bits per heavy atom. The summed E-state index contributed by atoms with van der Waals surface area (Å²) in [4.78, 5) is 15.4. The van der Waals surface area contributed by atoms with Crippen LogP contribution in [0.25, 0.3) is 0 Å². The van der Waals surface area contributed by atoms with E-state index in [0.29, 0.717) is 13.0 Å². The third-order valence-corrected chi connectivity index (χ3v) is 7.94. The van der Waals surface area contributed by atoms with Crippen LogP contribution in [0.1, 0.15) is 50.5 Å². The summed E-state index contributed by atoms with van der Waals surface area (Å²) >= 11 is 0. The average Bonchev–Trinajstić information content (AvgIpc) is 3.12. The fourth-order valence-electron chi connectivity index (χ4n) is 6.92. The first-order valence-electron chi connectivity index (χ1n) is 11.1. The molecular formula is C23H30ClF3N2O. The predicted molar refractivity (Wildman–Crippen MR) is 111 cm³/mol. The third-order valence-electron chi connectivity index (χ3n) is 7.94. The molecule has 1 aliphatic heterocycles. The van der Waals surface area contributed by atoms with Crippen LogP contribution in [-0.4, -0.2) is 36.5 Å². The summed E-state index contributed by atoms with van der Waals surface area (Å²) in [5.41, 5.74) is 0.0710. The molecule has 0 unspecified atom stereocenters. The number of nitrogens with zero attached hydrogens (tertiary/aromatic N) is 1. The van der Waals surface area contributed by atoms with Crippen LogP contribution in [0.15, 0.2) is 12.1 Å². The second kappa shape index (κ2) is 8.34. The summed E-state index contributed by atoms with van der Waals surface area (Å²) in [5, 5.41) is 3.33. The molecule has 1 heterocycles. The van der Waals surface area contributed by atoms with Crippen molar-refractivity contribution in [1.82, 2.24) is 10.2 Å². The first-order chi connectivity index (χ1) is 13.9. The van der Waals surface area contributed by atoms with Crippen molar-refractivity contribution in [3.8, 4) is 0 Å². The number of halogens is 4. The first kappa shape index (κ1) is 21.9. The number of rotatable bonds is 5. The molecule has 0 spiro atoms. The monoisotopic (exact) mass is 442 g/mol. The summed E-state index contributed by atoms with van der Waals surface area (Å²) in [6.45, 7) is 2.15. The summed E-state index contributed by atoms with van der Waals surface area (Å²) < 4.78 is 40.3. The van der Waals surface area contributed by atoms with Crippen LogP contribution in [0.5, 0.6) is 0 Å². The molecule has 1 aromatic rings. The maximum absolute atomic E-state index is 13.9. The zero-order valence-electron chi connectivity index (χ0n) is 17.1. The summed E-state index contributed by atoms with van der Waals surface area (Å²) in [6, 6.07) is 2.42. The standard InChI is InChI=1S/C23H29F3N2O.ClH/c24-19-2-1-17(20(25)21(19)26)3-5-28-6-4-18(13-28)27-22(29)23-10-14-7-15(11-23)9-16(8-14)12-23;/h1-2,14-16,18H,3-13H2,(H,27,29);1H/t14?,15?,16?,18-,23?;/m0./s1. The van der Waals surface area contributed by atoms with Crippen molar-refractivity contribution in [3.05, 3.63) is 35.1 Å². The zero-order chi connectivity index (χ0) is 20.2. The molecule has 4 bridgehead atoms. The molecule has 30 heavy (non-hydrogen) atoms. The van der Waals surface area contributed by atoms with Gasteiger partial charge in [-0.25, -0.2) is 13.2 Å². The molecule has 0 radical (unpaired) electrons. The second-order valence-electron chi connectivity index (χ2n) is 10.0. The topological polar surface area (TPSA) is 32.3 Å². The highest BCUT2D eigenvalue weighted by atomic mass is 35.5. The van der Waals surface area contributed by atoms with Gasteiger partial charge in [-0.2, -0.15) is 0 Å². The second-order valence-corrected chi connectivity index (χ2v) is 10.0. The van der Waals surface area contributed by atoms with Crippen molar-refractivity contribution in [2.45, 2.75) is 57.4 Å². The molecule has 3 nitrogen and oxygen atoms in total. The van der Waals surface area contributed by atoms with Crippen LogP contribution in [0.3, 0.4) is 0 Å². The molecule has 1 atom stereocenters. The Balaban J connectivity index is 0.00000218. The lowest BCUT2D eigenvalue weighted by Crippen LogP contribution is -2.55. The van der Waals surface area contributed by atoms with Crippen LogP contribution in [-0.2, 0) is 11.2 Å². The predicted octanol–water partition coefficient (Wildman–Crippen LogP) is 4.48. The van der Waals surface area contributed by atoms with E-state index in [1.54, 1.807) is 0 Å². The molecule has 6 rings (SSSR count). The number of nitrogens with one attached hydrogen (secondary N) is 1. The Kier molecular flexibility index (Phi) is 6.10. The van der Waals surface area contributed by atoms with Gasteiger partial charge in [0.2, 0.25) is 5.91 Å². The van der Waals surface area contributed by atoms with Gasteiger partial charge in [0.05, 0.1) is 0 Å². The van der Waals surface area contributed by atoms with Crippen molar-refractivity contribution in [2.75, 3.05) is 19.6 Å². The van der Waals surface area contributed by atoms with E-state index in [4.69, 9.17) is 0 Å². The van der Waals surface area contributed by atoms with Crippen molar-refractivity contribution in [2.24, 2.45) is 23.2 Å². The highest BCUT2D eigenvalue weighted by Gasteiger charge is 2.54. The third kappa shape index (κ3) is 3.97. The quantitative estimate of drug-likeness (QED) is 0.682. The molecule has 4 aliphatic carbocycles. The highest BCUT2D eigenvalue weighted by Crippen LogP contribution is 2.60. The maximum Gasteiger partial charge on any atom is 0.226 e. The van der Waals surface area contributed by atoms with Gasteiger partial charge in [0.15, 0.2) is 17.5 Å². The smallest absolute Gasteiger partial charge is 0.226 e. The number of hydrogen-bond donors (Lipinski definition) is 1. The molecule has 4 saturated carbocycles. The van der Waals surface area contributed by atoms with E-state index in [1.165, 1.54) is 25.3 Å². The van der Waals surface area contributed by atoms with Gasteiger partial charge in [0.1, 0.15) is 0 Å². The molecule has 1 saturated heterocycles. The van der Waals surface area contributed by atoms with Crippen molar-refractivity contribution < 1.29 is 18.0 Å². The number of benzene rings is 1. The molecular weight excluding hydrogens is 413 g/mol. The van der Waals surface area contributed by atoms with E-state index >= 15 is 0 Å². The van der Waals surface area contributed by atoms with Crippen molar-refractivity contribution in [3.63, 3.8) is 0 Å². The van der Waals surface area contributed by atoms with E-state index < -0.39 is 17.5 Å². The van der Waals surface area contributed by atoms with Crippen LogP contribution in [0.4, 0.5) is 13.2 Å². The van der Waals surface area contributed by atoms with Crippen molar-refractivity contribution in [1.29, 1.82) is 0 Å². The van der Waals surface area contributed by atoms with Crippen LogP contribution < -0.4 is 5.32 Å². The lowest BCUT2D eigenvalue weighted by atomic mass is 9.49. The van der Waals surface area contributed by atoms with E-state index in [2.05, 4.69) is 10.2 Å². The van der Waals surface area contributed by atoms with Crippen LogP contribution in [0.2, 0.25) is 0 Å². The van der Waals surface area contributed by atoms with Gasteiger partial charge in [-0.3, -0.25) is 4.79 Å². The van der Waals surface area contributed by atoms with Gasteiger partial charge >= 0.3 is 0 Å². The lowest BCUT2D eigenvalue weighted by Gasteiger charge is -2.55. The molecule has 5 aliphatic rings. The number of carbonyl (C=O) groups excluding carboxylic acids is 1. The number of likely N-dealkylation sites (tertiary alicyclic amines) is 1. The van der Waals surface area contributed by atoms with Gasteiger partial charge in [-0.1, -0.05) is 6.07 Å². The molecule has 1 N–H and O–H groups in total. The minimum Gasteiger partial charge on any atom is -0.352 e. The average molecular weight is 443 g/mol. The minimum absolute atomic E-state index is 0. The highest BCUT2D eigenvalue weighted by molar-refractivity contribution is 5.85. The fourth-order valence-corrected chi connectivity index (χ4v) is 6.92. The molecule has 0 aromatic heterocycles. The lowest BCUT2D eigenvalue weighted by molar-refractivity contribution is -0.146. The summed E-state index contributed by atoms with van der Waals surface area (Å²) in [6.07, 6.45) is 8.39. The van der Waals surface area contributed by atoms with Gasteiger partial charge in [0, 0.05) is 31.1 Å². The van der Waals surface area contributed by atoms with Gasteiger partial charge < -0.3 is 10.2 Å². The SMILES string of the molecule is Cl.O=C(N[C@H]1CCN(CCc2ccc(F)c(F)c2F)C1)C12CC3CC(CC(C3)C1)C2. The normalized spacial score (nSPS) is 34.8. The minimum atomic E-state index is -1.40. The van der Waals surface area contributed by atoms with Crippen LogP contribution >= 0.6 is 12.4 Å². The van der Waals surface area contributed by atoms with Gasteiger partial charge in [0.25, 0.3) is 0 Å². The van der Waals surface area contributed by atoms with E-state index in [-0.39, 0.29) is 35.3 Å². The van der Waals surface area contributed by atoms with Gasteiger partial charge in [-0.15, -0.1) is 12.4 Å². The number of hydrogen-bond acceptors (Lipinski definition) is 2. The zero-order valence-corrected chi connectivity index (χ0v) is 18.0. The Labute approximate surface area is 182 Å². The Bertz CT molecular complexity index is 783. The first-order valence-corrected chi connectivity index (χ1v) is 11.1. The number of carbonyl (C=O) groups is 1. The van der Waals surface area contributed by atoms with Crippen LogP contribution in [0, 0.1) is 40.6 Å². The molecule has 7 heteroatoms. The molecule has 1 amide bonds. The van der Waals surface area contributed by atoms with E-state index in [1.807, 2.05) is 0 Å². The van der Waals surface area contributed by atoms with Gasteiger partial charge in [-0.05, 0) is 80.8 Å². The Morgan fingerprint density at radius 3 is 2.30 bits per heavy atom. The molecule has 5 fully saturated rings. The Morgan fingerprint density at radius 1 is 1.03 bits per heavy atom. The maximum atomic E-state index is 13.9. The van der Waals surface area contributed by atoms with Crippen molar-refractivity contribution >= 4 is 18.3 Å². The summed E-state index contributed by atoms with van der Waals surface area (Å²) in [5.74, 6) is -1.13. The Hall–Kier alpha value is -1.27. The van der Waals surface area contributed by atoms with E-state index in [0.717, 1.165) is 62.6 Å². The molecule has 166 valence electrons. The van der Waals surface area contributed by atoms with E-state index in [9.17, 15) is 18.0 Å². The number of amides is 1. The molecule has 1 aromatic carbocycles. The fraction of sp³-hybridized carbons (Fsp3) is 0.696. The largest absolute Gasteiger partial charge is 0.352 e. The summed E-state index contributed by atoms with van der Waals surface area (Å²) in [7, 11) is 0.